The van der Waals surface area contributed by atoms with Crippen molar-refractivity contribution >= 4 is 0 Å². The van der Waals surface area contributed by atoms with Gasteiger partial charge >= 0.3 is 0 Å². The first-order chi connectivity index (χ1) is 8.33. The molecule has 1 unspecified atom stereocenters. The van der Waals surface area contributed by atoms with Crippen molar-refractivity contribution < 1.29 is 0 Å². The van der Waals surface area contributed by atoms with Gasteiger partial charge < -0.3 is 5.32 Å². The zero-order valence-electron chi connectivity index (χ0n) is 10.2. The van der Waals surface area contributed by atoms with E-state index in [1.54, 1.807) is 12.4 Å². The van der Waals surface area contributed by atoms with Crippen LogP contribution in [0.2, 0.25) is 0 Å². The van der Waals surface area contributed by atoms with E-state index in [4.69, 9.17) is 0 Å². The summed E-state index contributed by atoms with van der Waals surface area (Å²) >= 11 is 0. The number of aromatic nitrogens is 4. The largest absolute Gasteiger partial charge is 0.310 e. The van der Waals surface area contributed by atoms with Gasteiger partial charge in [0.1, 0.15) is 5.82 Å². The van der Waals surface area contributed by atoms with E-state index in [-0.39, 0.29) is 6.04 Å². The molecule has 2 aromatic rings. The number of likely N-dealkylation sites (N-methyl/N-ethyl adjacent to an activating group) is 1. The van der Waals surface area contributed by atoms with Crippen molar-refractivity contribution in [2.75, 3.05) is 7.05 Å². The lowest BCUT2D eigenvalue weighted by Crippen LogP contribution is -2.21. The molecule has 5 nitrogen and oxygen atoms in total. The fraction of sp³-hybridized carbons (Fsp3) is 0.417. The quantitative estimate of drug-likeness (QED) is 0.840. The molecule has 0 fully saturated rings. The van der Waals surface area contributed by atoms with Gasteiger partial charge in [0, 0.05) is 25.1 Å². The fourth-order valence-electron chi connectivity index (χ4n) is 1.73. The first kappa shape index (κ1) is 11.7. The van der Waals surface area contributed by atoms with Gasteiger partial charge in [-0.15, -0.1) is 0 Å². The van der Waals surface area contributed by atoms with Crippen LogP contribution in [0.25, 0.3) is 0 Å². The molecule has 5 heteroatoms. The Morgan fingerprint density at radius 2 is 2.12 bits per heavy atom. The van der Waals surface area contributed by atoms with Crippen LogP contribution in [0.3, 0.4) is 0 Å². The molecule has 2 aromatic heterocycles. The molecule has 2 rings (SSSR count). The van der Waals surface area contributed by atoms with E-state index >= 15 is 0 Å². The van der Waals surface area contributed by atoms with Crippen molar-refractivity contribution in [1.82, 2.24) is 25.1 Å². The normalized spacial score (nSPS) is 12.6. The Labute approximate surface area is 101 Å². The first-order valence-electron chi connectivity index (χ1n) is 5.79. The summed E-state index contributed by atoms with van der Waals surface area (Å²) in [5.74, 6) is 0.819. The summed E-state index contributed by atoms with van der Waals surface area (Å²) < 4.78 is 1.92. The van der Waals surface area contributed by atoms with Gasteiger partial charge in [0.2, 0.25) is 0 Å². The Bertz CT molecular complexity index is 451. The Hall–Kier alpha value is -1.75. The number of hydrogen-bond donors (Lipinski definition) is 1. The highest BCUT2D eigenvalue weighted by atomic mass is 15.3. The molecule has 1 N–H and O–H groups in total. The summed E-state index contributed by atoms with van der Waals surface area (Å²) in [6.07, 6.45) is 8.34. The van der Waals surface area contributed by atoms with Gasteiger partial charge in [-0.3, -0.25) is 4.68 Å². The molecule has 0 aliphatic carbocycles. The fourth-order valence-corrected chi connectivity index (χ4v) is 1.73. The number of nitrogens with zero attached hydrogens (tertiary/aromatic N) is 4. The molecule has 0 saturated heterocycles. The number of nitrogens with one attached hydrogen (secondary N) is 1. The van der Waals surface area contributed by atoms with Gasteiger partial charge in [0.15, 0.2) is 0 Å². The first-order valence-corrected chi connectivity index (χ1v) is 5.79. The van der Waals surface area contributed by atoms with Crippen LogP contribution < -0.4 is 5.32 Å². The molecule has 0 aliphatic rings. The van der Waals surface area contributed by atoms with Gasteiger partial charge in [0.05, 0.1) is 12.2 Å². The van der Waals surface area contributed by atoms with E-state index in [0.717, 1.165) is 18.8 Å². The molecule has 2 heterocycles. The predicted molar refractivity (Wildman–Crippen MR) is 65.4 cm³/mol. The van der Waals surface area contributed by atoms with Crippen LogP contribution in [0, 0.1) is 0 Å². The Kier molecular flexibility index (Phi) is 3.82. The van der Waals surface area contributed by atoms with E-state index in [9.17, 15) is 0 Å². The zero-order valence-corrected chi connectivity index (χ0v) is 10.2. The smallest absolute Gasteiger partial charge is 0.145 e. The highest BCUT2D eigenvalue weighted by molar-refractivity contribution is 5.09. The summed E-state index contributed by atoms with van der Waals surface area (Å²) in [4.78, 5) is 8.54. The van der Waals surface area contributed by atoms with Gasteiger partial charge in [-0.1, -0.05) is 0 Å². The molecular weight excluding hydrogens is 214 g/mol. The average Bonchev–Trinajstić information content (AvgIpc) is 2.84. The summed E-state index contributed by atoms with van der Waals surface area (Å²) in [6, 6.07) is 1.96. The number of rotatable bonds is 5. The lowest BCUT2D eigenvalue weighted by atomic mass is 10.1. The minimum absolute atomic E-state index is 0.130. The van der Waals surface area contributed by atoms with Gasteiger partial charge in [-0.05, 0) is 32.0 Å². The molecule has 0 aliphatic heterocycles. The van der Waals surface area contributed by atoms with Crippen molar-refractivity contribution in [2.24, 2.45) is 0 Å². The Morgan fingerprint density at radius 1 is 1.35 bits per heavy atom. The van der Waals surface area contributed by atoms with E-state index in [1.807, 2.05) is 24.0 Å². The van der Waals surface area contributed by atoms with Crippen LogP contribution >= 0.6 is 0 Å². The minimum Gasteiger partial charge on any atom is -0.310 e. The van der Waals surface area contributed by atoms with E-state index in [2.05, 4.69) is 33.5 Å². The molecule has 0 aromatic carbocycles. The predicted octanol–water partition coefficient (Wildman–Crippen LogP) is 1.20. The molecule has 0 bridgehead atoms. The third-order valence-electron chi connectivity index (χ3n) is 2.70. The second kappa shape index (κ2) is 5.54. The molecule has 90 valence electrons. The molecule has 1 atom stereocenters. The molecular formula is C12H17N5. The summed E-state index contributed by atoms with van der Waals surface area (Å²) in [6.45, 7) is 2.97. The molecule has 0 spiro atoms. The van der Waals surface area contributed by atoms with Crippen molar-refractivity contribution in [3.05, 3.63) is 42.2 Å². The monoisotopic (exact) mass is 231 g/mol. The molecule has 0 saturated carbocycles. The average molecular weight is 231 g/mol. The summed E-state index contributed by atoms with van der Waals surface area (Å²) in [5, 5.41) is 7.50. The lowest BCUT2D eigenvalue weighted by molar-refractivity contribution is 0.556. The van der Waals surface area contributed by atoms with Gasteiger partial charge in [-0.25, -0.2) is 9.97 Å². The van der Waals surface area contributed by atoms with E-state index in [1.165, 1.54) is 5.56 Å². The van der Waals surface area contributed by atoms with Gasteiger partial charge in [0.25, 0.3) is 0 Å². The van der Waals surface area contributed by atoms with Crippen LogP contribution in [-0.4, -0.2) is 26.8 Å². The highest BCUT2D eigenvalue weighted by Gasteiger charge is 2.13. The second-order valence-corrected chi connectivity index (χ2v) is 3.86. The third kappa shape index (κ3) is 2.88. The van der Waals surface area contributed by atoms with Crippen molar-refractivity contribution in [2.45, 2.75) is 25.9 Å². The molecule has 0 radical (unpaired) electrons. The Morgan fingerprint density at radius 3 is 2.71 bits per heavy atom. The minimum atomic E-state index is 0.130. The van der Waals surface area contributed by atoms with Gasteiger partial charge in [-0.2, -0.15) is 5.10 Å². The van der Waals surface area contributed by atoms with Crippen LogP contribution in [0.15, 0.2) is 30.9 Å². The standard InChI is InChI=1S/C12H17N5/c1-3-17-9-10(8-16-17)7-11(13-2)12-14-5-4-6-15-12/h4-6,8-9,11,13H,3,7H2,1-2H3. The maximum absolute atomic E-state index is 4.27. The van der Waals surface area contributed by atoms with E-state index < -0.39 is 0 Å². The Balaban J connectivity index is 2.10. The van der Waals surface area contributed by atoms with Crippen LogP contribution in [-0.2, 0) is 13.0 Å². The molecule has 17 heavy (non-hydrogen) atoms. The zero-order chi connectivity index (χ0) is 12.1. The number of aryl methyl sites for hydroxylation is 1. The summed E-state index contributed by atoms with van der Waals surface area (Å²) in [5.41, 5.74) is 1.19. The lowest BCUT2D eigenvalue weighted by Gasteiger charge is -2.12. The van der Waals surface area contributed by atoms with Crippen molar-refractivity contribution in [3.63, 3.8) is 0 Å². The number of hydrogen-bond acceptors (Lipinski definition) is 4. The molecule has 0 amide bonds. The summed E-state index contributed by atoms with van der Waals surface area (Å²) in [7, 11) is 1.92. The SMILES string of the molecule is CCn1cc(CC(NC)c2ncccn2)cn1. The van der Waals surface area contributed by atoms with Crippen molar-refractivity contribution in [1.29, 1.82) is 0 Å². The topological polar surface area (TPSA) is 55.6 Å². The maximum atomic E-state index is 4.27. The highest BCUT2D eigenvalue weighted by Crippen LogP contribution is 2.13. The second-order valence-electron chi connectivity index (χ2n) is 3.86. The van der Waals surface area contributed by atoms with Crippen molar-refractivity contribution in [3.8, 4) is 0 Å². The van der Waals surface area contributed by atoms with Crippen LogP contribution in [0.1, 0.15) is 24.4 Å². The van der Waals surface area contributed by atoms with Crippen LogP contribution in [0.5, 0.6) is 0 Å². The van der Waals surface area contributed by atoms with E-state index in [0.29, 0.717) is 0 Å². The van der Waals surface area contributed by atoms with Crippen LogP contribution in [0.4, 0.5) is 0 Å². The maximum Gasteiger partial charge on any atom is 0.145 e. The third-order valence-corrected chi connectivity index (χ3v) is 2.70.